The quantitative estimate of drug-likeness (QED) is 0.881. The molecule has 0 radical (unpaired) electrons. The lowest BCUT2D eigenvalue weighted by atomic mass is 9.92. The number of aromatic nitrogens is 4. The largest absolute Gasteiger partial charge is 0.391 e. The lowest BCUT2D eigenvalue weighted by Crippen LogP contribution is -2.36. The molecule has 1 aliphatic carbocycles. The zero-order valence-corrected chi connectivity index (χ0v) is 12.3. The van der Waals surface area contributed by atoms with Crippen molar-refractivity contribution in [3.63, 3.8) is 0 Å². The first kappa shape index (κ1) is 12.8. The Bertz CT molecular complexity index is 599. The molecule has 2 N–H and O–H groups in total. The summed E-state index contributed by atoms with van der Waals surface area (Å²) in [7, 11) is 1.85. The van der Waals surface area contributed by atoms with Crippen LogP contribution < -0.4 is 5.32 Å². The first-order chi connectivity index (χ1) is 9.16. The molecule has 1 fully saturated rings. The topological polar surface area (TPSA) is 75.9 Å². The van der Waals surface area contributed by atoms with Gasteiger partial charge in [-0.2, -0.15) is 5.10 Å². The molecule has 7 heteroatoms. The Hall–Kier alpha value is -1.21. The van der Waals surface area contributed by atoms with Crippen LogP contribution in [0.2, 0.25) is 0 Å². The van der Waals surface area contributed by atoms with Crippen molar-refractivity contribution in [2.75, 3.05) is 5.32 Å². The summed E-state index contributed by atoms with van der Waals surface area (Å²) in [5.41, 5.74) is 0.773. The summed E-state index contributed by atoms with van der Waals surface area (Å²) in [5.74, 6) is 0.732. The van der Waals surface area contributed by atoms with E-state index >= 15 is 0 Å². The van der Waals surface area contributed by atoms with E-state index in [0.717, 1.165) is 47.1 Å². The number of nitrogens with zero attached hydrogens (tertiary/aromatic N) is 4. The van der Waals surface area contributed by atoms with Crippen molar-refractivity contribution in [1.82, 2.24) is 19.7 Å². The highest BCUT2D eigenvalue weighted by Crippen LogP contribution is 2.29. The molecule has 1 saturated carbocycles. The third kappa shape index (κ3) is 2.32. The Labute approximate surface area is 119 Å². The number of aryl methyl sites for hydroxylation is 1. The van der Waals surface area contributed by atoms with Crippen LogP contribution in [0.25, 0.3) is 11.0 Å². The molecule has 1 aliphatic rings. The first-order valence-corrected chi connectivity index (χ1v) is 7.24. The predicted molar refractivity (Wildman–Crippen MR) is 75.9 cm³/mol. The third-order valence-corrected chi connectivity index (χ3v) is 4.18. The maximum Gasteiger partial charge on any atom is 0.164 e. The molecule has 0 spiro atoms. The number of rotatable bonds is 2. The summed E-state index contributed by atoms with van der Waals surface area (Å²) in [4.78, 5) is 8.52. The molecule has 0 aromatic carbocycles. The molecule has 0 amide bonds. The van der Waals surface area contributed by atoms with Gasteiger partial charge in [0.05, 0.1) is 17.5 Å². The maximum atomic E-state index is 10.0. The maximum absolute atomic E-state index is 10.0. The van der Waals surface area contributed by atoms with Gasteiger partial charge in [0.1, 0.15) is 16.7 Å². The van der Waals surface area contributed by atoms with Gasteiger partial charge in [0.15, 0.2) is 5.65 Å². The molecule has 0 unspecified atom stereocenters. The molecule has 102 valence electrons. The van der Waals surface area contributed by atoms with Crippen LogP contribution in [0, 0.1) is 0 Å². The monoisotopic (exact) mass is 325 g/mol. The van der Waals surface area contributed by atoms with Crippen LogP contribution in [0.3, 0.4) is 0 Å². The summed E-state index contributed by atoms with van der Waals surface area (Å²) in [5, 5.41) is 18.5. The van der Waals surface area contributed by atoms with E-state index in [9.17, 15) is 5.11 Å². The van der Waals surface area contributed by atoms with E-state index < -0.39 is 0 Å². The highest BCUT2D eigenvalue weighted by atomic mass is 79.9. The van der Waals surface area contributed by atoms with Crippen LogP contribution in [-0.2, 0) is 7.05 Å². The Morgan fingerprint density at radius 1 is 1.37 bits per heavy atom. The molecular formula is C12H16BrN5O. The summed E-state index contributed by atoms with van der Waals surface area (Å²) in [6.07, 6.45) is 5.25. The molecule has 2 aromatic rings. The van der Waals surface area contributed by atoms with Crippen LogP contribution in [0.15, 0.2) is 10.9 Å². The van der Waals surface area contributed by atoms with Crippen molar-refractivity contribution in [3.8, 4) is 0 Å². The number of halogens is 1. The third-order valence-electron chi connectivity index (χ3n) is 3.63. The molecule has 19 heavy (non-hydrogen) atoms. The van der Waals surface area contributed by atoms with Gasteiger partial charge in [-0.25, -0.2) is 14.6 Å². The Balaban J connectivity index is 1.96. The summed E-state index contributed by atoms with van der Waals surface area (Å²) >= 11 is 3.43. The fourth-order valence-electron chi connectivity index (χ4n) is 2.61. The number of hydrogen-bond acceptors (Lipinski definition) is 5. The molecular weight excluding hydrogens is 310 g/mol. The Morgan fingerprint density at radius 2 is 2.16 bits per heavy atom. The Morgan fingerprint density at radius 3 is 2.95 bits per heavy atom. The summed E-state index contributed by atoms with van der Waals surface area (Å²) in [6, 6.07) is 0.0546. The number of fused-ring (bicyclic) bond motifs is 1. The second-order valence-electron chi connectivity index (χ2n) is 4.94. The minimum absolute atomic E-state index is 0.0546. The van der Waals surface area contributed by atoms with Gasteiger partial charge >= 0.3 is 0 Å². The van der Waals surface area contributed by atoms with Crippen molar-refractivity contribution in [3.05, 3.63) is 10.9 Å². The van der Waals surface area contributed by atoms with Gasteiger partial charge in [-0.05, 0) is 28.8 Å². The summed E-state index contributed by atoms with van der Waals surface area (Å²) < 4.78 is 2.43. The number of aliphatic hydroxyl groups excluding tert-OH is 1. The predicted octanol–water partition coefficient (Wildman–Crippen LogP) is 1.84. The van der Waals surface area contributed by atoms with Crippen molar-refractivity contribution in [2.45, 2.75) is 37.8 Å². The van der Waals surface area contributed by atoms with Gasteiger partial charge in [0.2, 0.25) is 0 Å². The molecule has 0 aliphatic heterocycles. The molecule has 3 rings (SSSR count). The van der Waals surface area contributed by atoms with Gasteiger partial charge in [0.25, 0.3) is 0 Å². The van der Waals surface area contributed by atoms with Crippen molar-refractivity contribution in [1.29, 1.82) is 0 Å². The number of anilines is 1. The van der Waals surface area contributed by atoms with Crippen molar-refractivity contribution < 1.29 is 5.11 Å². The van der Waals surface area contributed by atoms with Crippen molar-refractivity contribution >= 4 is 32.8 Å². The van der Waals surface area contributed by atoms with Gasteiger partial charge in [-0.15, -0.1) is 0 Å². The fourth-order valence-corrected chi connectivity index (χ4v) is 3.21. The lowest BCUT2D eigenvalue weighted by molar-refractivity contribution is 0.116. The standard InChI is InChI=1S/C12H16BrN5O/c1-18-12-9(10(13)17-18)11(14-6-15-12)16-7-4-2-3-5-8(7)19/h6-8,19H,2-5H2,1H3,(H,14,15,16)/t7-,8-/m0/s1. The SMILES string of the molecule is Cn1nc(Br)c2c(N[C@H]3CCCC[C@@H]3O)ncnc21. The zero-order chi connectivity index (χ0) is 13.4. The van der Waals surface area contributed by atoms with Crippen LogP contribution in [-0.4, -0.2) is 37.0 Å². The van der Waals surface area contributed by atoms with E-state index in [0.29, 0.717) is 0 Å². The Kier molecular flexibility index (Phi) is 3.40. The van der Waals surface area contributed by atoms with E-state index in [4.69, 9.17) is 0 Å². The van der Waals surface area contributed by atoms with Gasteiger partial charge in [-0.3, -0.25) is 0 Å². The van der Waals surface area contributed by atoms with Crippen molar-refractivity contribution in [2.24, 2.45) is 7.05 Å². The van der Waals surface area contributed by atoms with E-state index in [1.165, 1.54) is 6.33 Å². The van der Waals surface area contributed by atoms with Gasteiger partial charge in [-0.1, -0.05) is 12.8 Å². The number of nitrogens with one attached hydrogen (secondary N) is 1. The van der Waals surface area contributed by atoms with Crippen LogP contribution in [0.4, 0.5) is 5.82 Å². The minimum Gasteiger partial charge on any atom is -0.391 e. The average molecular weight is 326 g/mol. The first-order valence-electron chi connectivity index (χ1n) is 6.44. The van der Waals surface area contributed by atoms with Crippen LogP contribution >= 0.6 is 15.9 Å². The minimum atomic E-state index is -0.311. The van der Waals surface area contributed by atoms with E-state index in [-0.39, 0.29) is 12.1 Å². The zero-order valence-electron chi connectivity index (χ0n) is 10.7. The molecule has 6 nitrogen and oxygen atoms in total. The van der Waals surface area contributed by atoms with Crippen LogP contribution in [0.5, 0.6) is 0 Å². The second-order valence-corrected chi connectivity index (χ2v) is 5.69. The number of hydrogen-bond donors (Lipinski definition) is 2. The fraction of sp³-hybridized carbons (Fsp3) is 0.583. The molecule has 2 aromatic heterocycles. The van der Waals surface area contributed by atoms with E-state index in [1.807, 2.05) is 7.05 Å². The summed E-state index contributed by atoms with van der Waals surface area (Å²) in [6.45, 7) is 0. The number of aliphatic hydroxyl groups is 1. The highest BCUT2D eigenvalue weighted by Gasteiger charge is 2.24. The second kappa shape index (κ2) is 5.05. The van der Waals surface area contributed by atoms with E-state index in [1.54, 1.807) is 4.68 Å². The molecule has 2 atom stereocenters. The molecule has 0 saturated heterocycles. The van der Waals surface area contributed by atoms with Gasteiger partial charge < -0.3 is 10.4 Å². The molecule has 0 bridgehead atoms. The van der Waals surface area contributed by atoms with Crippen LogP contribution in [0.1, 0.15) is 25.7 Å². The normalized spacial score (nSPS) is 23.7. The van der Waals surface area contributed by atoms with E-state index in [2.05, 4.69) is 36.3 Å². The van der Waals surface area contributed by atoms with Gasteiger partial charge in [0, 0.05) is 7.05 Å². The highest BCUT2D eigenvalue weighted by molar-refractivity contribution is 9.10. The smallest absolute Gasteiger partial charge is 0.164 e. The lowest BCUT2D eigenvalue weighted by Gasteiger charge is -2.28. The average Bonchev–Trinajstić information content (AvgIpc) is 2.69. The molecule has 2 heterocycles.